The maximum Gasteiger partial charge on any atom is 0.162 e. The minimum Gasteiger partial charge on any atom is -0.490 e. The van der Waals surface area contributed by atoms with Gasteiger partial charge in [0.1, 0.15) is 0 Å². The Kier molecular flexibility index (Phi) is 3.08. The molecule has 2 N–H and O–H groups in total. The summed E-state index contributed by atoms with van der Waals surface area (Å²) in [5.74, 6) is 3.82. The highest BCUT2D eigenvalue weighted by molar-refractivity contribution is 6.31. The Morgan fingerprint density at radius 1 is 1.05 bits per heavy atom. The Hall–Kier alpha value is -0.930. The lowest BCUT2D eigenvalue weighted by molar-refractivity contribution is 0.297. The molecule has 3 atom stereocenters. The monoisotopic (exact) mass is 293 g/mol. The third-order valence-corrected chi connectivity index (χ3v) is 5.44. The van der Waals surface area contributed by atoms with Gasteiger partial charge in [0.25, 0.3) is 0 Å². The maximum absolute atomic E-state index is 6.48. The highest BCUT2D eigenvalue weighted by atomic mass is 35.5. The quantitative estimate of drug-likeness (QED) is 0.907. The van der Waals surface area contributed by atoms with E-state index in [1.165, 1.54) is 19.3 Å². The second kappa shape index (κ2) is 4.81. The summed E-state index contributed by atoms with van der Waals surface area (Å²) in [6, 6.07) is 3.91. The van der Waals surface area contributed by atoms with Crippen LogP contribution in [0.25, 0.3) is 0 Å². The topological polar surface area (TPSA) is 44.5 Å². The van der Waals surface area contributed by atoms with Gasteiger partial charge in [0, 0.05) is 23.6 Å². The average Bonchev–Trinajstić information content (AvgIpc) is 3.02. The number of hydrogen-bond donors (Lipinski definition) is 1. The van der Waals surface area contributed by atoms with Crippen molar-refractivity contribution >= 4 is 11.6 Å². The molecule has 4 rings (SSSR count). The summed E-state index contributed by atoms with van der Waals surface area (Å²) in [4.78, 5) is 0. The summed E-state index contributed by atoms with van der Waals surface area (Å²) < 4.78 is 11.4. The van der Waals surface area contributed by atoms with E-state index in [0.717, 1.165) is 35.3 Å². The summed E-state index contributed by atoms with van der Waals surface area (Å²) >= 11 is 6.42. The van der Waals surface area contributed by atoms with E-state index in [1.807, 2.05) is 12.1 Å². The summed E-state index contributed by atoms with van der Waals surface area (Å²) in [5, 5.41) is 0.715. The zero-order chi connectivity index (χ0) is 13.7. The molecule has 3 nitrogen and oxygen atoms in total. The van der Waals surface area contributed by atoms with Crippen molar-refractivity contribution in [2.75, 3.05) is 13.2 Å². The molecular formula is C16H20ClNO2. The fourth-order valence-corrected chi connectivity index (χ4v) is 4.35. The van der Waals surface area contributed by atoms with Gasteiger partial charge < -0.3 is 15.2 Å². The third kappa shape index (κ3) is 1.99. The van der Waals surface area contributed by atoms with Crippen molar-refractivity contribution in [3.8, 4) is 11.5 Å². The van der Waals surface area contributed by atoms with E-state index < -0.39 is 0 Å². The van der Waals surface area contributed by atoms with Gasteiger partial charge >= 0.3 is 0 Å². The van der Waals surface area contributed by atoms with Crippen molar-refractivity contribution in [3.05, 3.63) is 22.7 Å². The van der Waals surface area contributed by atoms with Crippen LogP contribution in [0.2, 0.25) is 5.02 Å². The lowest BCUT2D eigenvalue weighted by atomic mass is 9.97. The van der Waals surface area contributed by atoms with Gasteiger partial charge in [-0.3, -0.25) is 0 Å². The van der Waals surface area contributed by atoms with Crippen molar-refractivity contribution in [3.63, 3.8) is 0 Å². The van der Waals surface area contributed by atoms with Crippen molar-refractivity contribution in [1.82, 2.24) is 0 Å². The molecule has 1 aromatic rings. The molecule has 1 aliphatic heterocycles. The largest absolute Gasteiger partial charge is 0.490 e. The van der Waals surface area contributed by atoms with Gasteiger partial charge in [-0.15, -0.1) is 0 Å². The molecule has 0 spiro atoms. The molecule has 1 aromatic carbocycles. The summed E-state index contributed by atoms with van der Waals surface area (Å²) in [7, 11) is 0. The van der Waals surface area contributed by atoms with Crippen molar-refractivity contribution in [2.45, 2.75) is 31.7 Å². The Bertz CT molecular complexity index is 523. The van der Waals surface area contributed by atoms with Crippen LogP contribution in [-0.2, 0) is 0 Å². The SMILES string of the molecule is NC(c1cc2c(cc1Cl)OCCCO2)C1C2CCCC21. The molecule has 3 unspecified atom stereocenters. The van der Waals surface area contributed by atoms with E-state index in [2.05, 4.69) is 0 Å². The molecule has 0 bridgehead atoms. The van der Waals surface area contributed by atoms with E-state index >= 15 is 0 Å². The van der Waals surface area contributed by atoms with Gasteiger partial charge in [-0.25, -0.2) is 0 Å². The van der Waals surface area contributed by atoms with Gasteiger partial charge in [-0.1, -0.05) is 18.0 Å². The molecule has 0 amide bonds. The van der Waals surface area contributed by atoms with Crippen LogP contribution in [-0.4, -0.2) is 13.2 Å². The normalized spacial score (nSPS) is 32.4. The van der Waals surface area contributed by atoms with Gasteiger partial charge in [0.2, 0.25) is 0 Å². The fourth-order valence-electron chi connectivity index (χ4n) is 4.07. The van der Waals surface area contributed by atoms with Crippen LogP contribution in [0.3, 0.4) is 0 Å². The zero-order valence-corrected chi connectivity index (χ0v) is 12.2. The minimum absolute atomic E-state index is 0.0370. The number of halogens is 1. The van der Waals surface area contributed by atoms with Crippen molar-refractivity contribution < 1.29 is 9.47 Å². The Morgan fingerprint density at radius 2 is 1.70 bits per heavy atom. The van der Waals surface area contributed by atoms with E-state index in [1.54, 1.807) is 0 Å². The highest BCUT2D eigenvalue weighted by Gasteiger charge is 2.55. The number of ether oxygens (including phenoxy) is 2. The smallest absolute Gasteiger partial charge is 0.162 e. The molecule has 2 fully saturated rings. The first-order valence-corrected chi connectivity index (χ1v) is 7.98. The van der Waals surface area contributed by atoms with E-state index in [0.29, 0.717) is 24.2 Å². The first kappa shape index (κ1) is 12.8. The van der Waals surface area contributed by atoms with Crippen LogP contribution in [0, 0.1) is 17.8 Å². The Balaban J connectivity index is 1.63. The van der Waals surface area contributed by atoms with Gasteiger partial charge in [0.05, 0.1) is 13.2 Å². The highest BCUT2D eigenvalue weighted by Crippen LogP contribution is 2.62. The first-order valence-electron chi connectivity index (χ1n) is 7.60. The fraction of sp³-hybridized carbons (Fsp3) is 0.625. The van der Waals surface area contributed by atoms with Crippen LogP contribution in [0.5, 0.6) is 11.5 Å². The summed E-state index contributed by atoms with van der Waals surface area (Å²) in [6.45, 7) is 1.37. The van der Waals surface area contributed by atoms with Crippen LogP contribution < -0.4 is 15.2 Å². The second-order valence-electron chi connectivity index (χ2n) is 6.23. The predicted molar refractivity (Wildman–Crippen MR) is 78.3 cm³/mol. The van der Waals surface area contributed by atoms with E-state index in [4.69, 9.17) is 26.8 Å². The third-order valence-electron chi connectivity index (χ3n) is 5.11. The van der Waals surface area contributed by atoms with Crippen molar-refractivity contribution in [2.24, 2.45) is 23.5 Å². The van der Waals surface area contributed by atoms with Crippen LogP contribution in [0.15, 0.2) is 12.1 Å². The molecule has 0 radical (unpaired) electrons. The molecular weight excluding hydrogens is 274 g/mol. The molecule has 108 valence electrons. The average molecular weight is 294 g/mol. The number of benzene rings is 1. The number of rotatable bonds is 2. The van der Waals surface area contributed by atoms with Crippen LogP contribution in [0.1, 0.15) is 37.3 Å². The van der Waals surface area contributed by atoms with Gasteiger partial charge in [0.15, 0.2) is 11.5 Å². The first-order chi connectivity index (χ1) is 9.75. The van der Waals surface area contributed by atoms with E-state index in [-0.39, 0.29) is 6.04 Å². The Morgan fingerprint density at radius 3 is 2.40 bits per heavy atom. The lowest BCUT2D eigenvalue weighted by Gasteiger charge is -2.18. The minimum atomic E-state index is 0.0370. The standard InChI is InChI=1S/C16H20ClNO2/c17-12-8-14-13(19-5-2-6-20-14)7-11(12)16(18)15-9-3-1-4-10(9)15/h7-10,15-16H,1-6,18H2. The molecule has 0 saturated heterocycles. The van der Waals surface area contributed by atoms with E-state index in [9.17, 15) is 0 Å². The van der Waals surface area contributed by atoms with Gasteiger partial charge in [-0.05, 0) is 42.2 Å². The zero-order valence-electron chi connectivity index (χ0n) is 11.5. The van der Waals surface area contributed by atoms with Crippen LogP contribution in [0.4, 0.5) is 0 Å². The molecule has 0 aromatic heterocycles. The number of hydrogen-bond acceptors (Lipinski definition) is 3. The number of nitrogens with two attached hydrogens (primary N) is 1. The molecule has 1 heterocycles. The lowest BCUT2D eigenvalue weighted by Crippen LogP contribution is -2.16. The molecule has 4 heteroatoms. The summed E-state index contributed by atoms with van der Waals surface area (Å²) in [6.07, 6.45) is 4.95. The molecule has 3 aliphatic rings. The molecule has 20 heavy (non-hydrogen) atoms. The maximum atomic E-state index is 6.48. The number of fused-ring (bicyclic) bond motifs is 2. The summed E-state index contributed by atoms with van der Waals surface area (Å²) in [5.41, 5.74) is 7.51. The Labute approximate surface area is 124 Å². The van der Waals surface area contributed by atoms with Crippen LogP contribution >= 0.6 is 11.6 Å². The molecule has 2 aliphatic carbocycles. The molecule has 2 saturated carbocycles. The van der Waals surface area contributed by atoms with Gasteiger partial charge in [-0.2, -0.15) is 0 Å². The predicted octanol–water partition coefficient (Wildman–Crippen LogP) is 3.55. The second-order valence-corrected chi connectivity index (χ2v) is 6.64. The van der Waals surface area contributed by atoms with Crippen molar-refractivity contribution in [1.29, 1.82) is 0 Å².